The average Bonchev–Trinajstić information content (AvgIpc) is 2.51. The summed E-state index contributed by atoms with van der Waals surface area (Å²) in [6.07, 6.45) is 1.46. The summed E-state index contributed by atoms with van der Waals surface area (Å²) in [6, 6.07) is 6.30. The highest BCUT2D eigenvalue weighted by Gasteiger charge is 1.99. The van der Waals surface area contributed by atoms with Crippen molar-refractivity contribution in [2.75, 3.05) is 5.73 Å². The van der Waals surface area contributed by atoms with E-state index < -0.39 is 0 Å². The van der Waals surface area contributed by atoms with Crippen molar-refractivity contribution in [2.24, 2.45) is 0 Å². The van der Waals surface area contributed by atoms with E-state index in [1.54, 1.807) is 6.07 Å². The maximum absolute atomic E-state index is 12.8. The molecule has 0 saturated heterocycles. The van der Waals surface area contributed by atoms with Crippen LogP contribution >= 0.6 is 0 Å². The van der Waals surface area contributed by atoms with Gasteiger partial charge in [0.05, 0.1) is 12.7 Å². The first-order valence-electron chi connectivity index (χ1n) is 4.14. The molecule has 0 bridgehead atoms. The predicted octanol–water partition coefficient (Wildman–Crippen LogP) is 1.05. The predicted molar refractivity (Wildman–Crippen MR) is 49.9 cm³/mol. The molecule has 0 aliphatic heterocycles. The van der Waals surface area contributed by atoms with Gasteiger partial charge in [-0.05, 0) is 17.7 Å². The van der Waals surface area contributed by atoms with Gasteiger partial charge in [-0.1, -0.05) is 12.1 Å². The number of nitrogens with zero attached hydrogens (tertiary/aromatic N) is 3. The molecule has 1 aromatic heterocycles. The minimum Gasteiger partial charge on any atom is -0.381 e. The van der Waals surface area contributed by atoms with Gasteiger partial charge >= 0.3 is 0 Å². The molecule has 14 heavy (non-hydrogen) atoms. The summed E-state index contributed by atoms with van der Waals surface area (Å²) in [5.41, 5.74) is 6.20. The molecule has 0 unspecified atom stereocenters. The number of nitrogen functional groups attached to an aromatic ring is 1. The molecular formula is C9H9FN4. The summed E-state index contributed by atoms with van der Waals surface area (Å²) in [5, 5.41) is 7.80. The molecule has 5 heteroatoms. The highest BCUT2D eigenvalue weighted by Crippen LogP contribution is 2.04. The minimum atomic E-state index is -0.261. The Hall–Kier alpha value is -1.91. The van der Waals surface area contributed by atoms with Crippen LogP contribution in [0.15, 0.2) is 30.5 Å². The van der Waals surface area contributed by atoms with Crippen molar-refractivity contribution in [3.05, 3.63) is 41.8 Å². The van der Waals surface area contributed by atoms with Crippen LogP contribution in [0.25, 0.3) is 0 Å². The number of hydrogen-bond acceptors (Lipinski definition) is 3. The molecular weight excluding hydrogens is 183 g/mol. The molecule has 1 heterocycles. The molecule has 0 saturated carbocycles. The largest absolute Gasteiger partial charge is 0.381 e. The Labute approximate surface area is 80.2 Å². The van der Waals surface area contributed by atoms with Crippen LogP contribution in [0.1, 0.15) is 5.56 Å². The summed E-state index contributed by atoms with van der Waals surface area (Å²) in [7, 11) is 0. The Bertz CT molecular complexity index is 438. The van der Waals surface area contributed by atoms with Gasteiger partial charge in [0, 0.05) is 0 Å². The quantitative estimate of drug-likeness (QED) is 0.773. The van der Waals surface area contributed by atoms with Gasteiger partial charge < -0.3 is 5.73 Å². The molecule has 4 nitrogen and oxygen atoms in total. The van der Waals surface area contributed by atoms with Crippen LogP contribution in [0.5, 0.6) is 0 Å². The topological polar surface area (TPSA) is 56.7 Å². The lowest BCUT2D eigenvalue weighted by atomic mass is 10.2. The van der Waals surface area contributed by atoms with Gasteiger partial charge in [0.15, 0.2) is 5.82 Å². The summed E-state index contributed by atoms with van der Waals surface area (Å²) in [6.45, 7) is 0.426. The molecule has 0 aliphatic carbocycles. The van der Waals surface area contributed by atoms with Crippen LogP contribution in [-0.2, 0) is 6.54 Å². The van der Waals surface area contributed by atoms with Gasteiger partial charge in [0.2, 0.25) is 0 Å². The van der Waals surface area contributed by atoms with Gasteiger partial charge in [-0.2, -0.15) is 9.90 Å². The number of benzene rings is 1. The van der Waals surface area contributed by atoms with Crippen molar-refractivity contribution in [1.29, 1.82) is 0 Å². The fourth-order valence-electron chi connectivity index (χ4n) is 1.19. The zero-order valence-electron chi connectivity index (χ0n) is 7.39. The molecule has 1 aromatic carbocycles. The Morgan fingerprint density at radius 2 is 2.29 bits per heavy atom. The third-order valence-electron chi connectivity index (χ3n) is 1.77. The number of nitrogens with two attached hydrogens (primary N) is 1. The van der Waals surface area contributed by atoms with E-state index in [9.17, 15) is 4.39 Å². The first-order valence-corrected chi connectivity index (χ1v) is 4.14. The molecule has 72 valence electrons. The third kappa shape index (κ3) is 1.87. The Balaban J connectivity index is 2.18. The van der Waals surface area contributed by atoms with Gasteiger partial charge in [-0.3, -0.25) is 0 Å². The van der Waals surface area contributed by atoms with E-state index in [4.69, 9.17) is 5.73 Å². The Morgan fingerprint density at radius 1 is 1.43 bits per heavy atom. The van der Waals surface area contributed by atoms with Crippen molar-refractivity contribution < 1.29 is 4.39 Å². The molecule has 2 N–H and O–H groups in total. The average molecular weight is 192 g/mol. The van der Waals surface area contributed by atoms with Gasteiger partial charge in [0.1, 0.15) is 5.82 Å². The summed E-state index contributed by atoms with van der Waals surface area (Å²) in [5.74, 6) is 0.101. The van der Waals surface area contributed by atoms with Crippen LogP contribution in [0.2, 0.25) is 0 Å². The van der Waals surface area contributed by atoms with Gasteiger partial charge in [-0.15, -0.1) is 5.10 Å². The van der Waals surface area contributed by atoms with Gasteiger partial charge in [0.25, 0.3) is 0 Å². The molecule has 0 amide bonds. The summed E-state index contributed by atoms with van der Waals surface area (Å²) in [4.78, 5) is 1.42. The smallest absolute Gasteiger partial charge is 0.165 e. The van der Waals surface area contributed by atoms with E-state index in [2.05, 4.69) is 10.2 Å². The number of halogens is 1. The second kappa shape index (κ2) is 3.45. The van der Waals surface area contributed by atoms with E-state index in [-0.39, 0.29) is 5.82 Å². The third-order valence-corrected chi connectivity index (χ3v) is 1.77. The SMILES string of the molecule is Nc1cnn(Cc2cccc(F)c2)n1. The van der Waals surface area contributed by atoms with E-state index in [0.29, 0.717) is 12.4 Å². The Kier molecular flexibility index (Phi) is 2.14. The van der Waals surface area contributed by atoms with Crippen molar-refractivity contribution in [3.8, 4) is 0 Å². The van der Waals surface area contributed by atoms with Crippen molar-refractivity contribution in [3.63, 3.8) is 0 Å². The highest BCUT2D eigenvalue weighted by molar-refractivity contribution is 5.20. The molecule has 2 aromatic rings. The molecule has 0 fully saturated rings. The first-order chi connectivity index (χ1) is 6.74. The standard InChI is InChI=1S/C9H9FN4/c10-8-3-1-2-7(4-8)6-14-12-5-9(11)13-14/h1-5H,6H2,(H2,11,13). The van der Waals surface area contributed by atoms with E-state index in [1.807, 2.05) is 6.07 Å². The van der Waals surface area contributed by atoms with Crippen molar-refractivity contribution in [1.82, 2.24) is 15.0 Å². The minimum absolute atomic E-state index is 0.261. The molecule has 0 radical (unpaired) electrons. The van der Waals surface area contributed by atoms with Crippen LogP contribution < -0.4 is 5.73 Å². The lowest BCUT2D eigenvalue weighted by Crippen LogP contribution is -2.04. The van der Waals surface area contributed by atoms with E-state index in [0.717, 1.165) is 5.56 Å². The maximum Gasteiger partial charge on any atom is 0.165 e. The lowest BCUT2D eigenvalue weighted by molar-refractivity contribution is 0.583. The van der Waals surface area contributed by atoms with Crippen molar-refractivity contribution >= 4 is 5.82 Å². The van der Waals surface area contributed by atoms with E-state index in [1.165, 1.54) is 23.1 Å². The van der Waals surface area contributed by atoms with E-state index >= 15 is 0 Å². The number of anilines is 1. The number of rotatable bonds is 2. The molecule has 0 aliphatic rings. The Morgan fingerprint density at radius 3 is 2.93 bits per heavy atom. The first kappa shape index (κ1) is 8.68. The number of aromatic nitrogens is 3. The fourth-order valence-corrected chi connectivity index (χ4v) is 1.19. The molecule has 0 spiro atoms. The maximum atomic E-state index is 12.8. The normalized spacial score (nSPS) is 10.4. The zero-order chi connectivity index (χ0) is 9.97. The second-order valence-electron chi connectivity index (χ2n) is 2.93. The molecule has 0 atom stereocenters. The number of hydrogen-bond donors (Lipinski definition) is 1. The monoisotopic (exact) mass is 192 g/mol. The van der Waals surface area contributed by atoms with Crippen LogP contribution in [-0.4, -0.2) is 15.0 Å². The summed E-state index contributed by atoms with van der Waals surface area (Å²) < 4.78 is 12.8. The molecule has 2 rings (SSSR count). The van der Waals surface area contributed by atoms with Gasteiger partial charge in [-0.25, -0.2) is 4.39 Å². The van der Waals surface area contributed by atoms with Crippen LogP contribution in [0, 0.1) is 5.82 Å². The lowest BCUT2D eigenvalue weighted by Gasteiger charge is -1.99. The highest BCUT2D eigenvalue weighted by atomic mass is 19.1. The zero-order valence-corrected chi connectivity index (χ0v) is 7.39. The van der Waals surface area contributed by atoms with Crippen LogP contribution in [0.4, 0.5) is 10.2 Å². The fraction of sp³-hybridized carbons (Fsp3) is 0.111. The summed E-state index contributed by atoms with van der Waals surface area (Å²) >= 11 is 0. The second-order valence-corrected chi connectivity index (χ2v) is 2.93. The van der Waals surface area contributed by atoms with Crippen LogP contribution in [0.3, 0.4) is 0 Å². The van der Waals surface area contributed by atoms with Crippen molar-refractivity contribution in [2.45, 2.75) is 6.54 Å².